The van der Waals surface area contributed by atoms with Crippen molar-refractivity contribution in [2.45, 2.75) is 25.8 Å². The number of halogens is 1. The zero-order chi connectivity index (χ0) is 13.8. The normalized spacial score (nSPS) is 17.4. The Bertz CT molecular complexity index is 461. The van der Waals surface area contributed by atoms with Gasteiger partial charge in [-0.3, -0.25) is 10.1 Å². The van der Waals surface area contributed by atoms with Gasteiger partial charge in [0.25, 0.3) is 5.69 Å². The topological polar surface area (TPSA) is 58.4 Å². The largest absolute Gasteiger partial charge is 0.380 e. The molecule has 5 nitrogen and oxygen atoms in total. The highest BCUT2D eigenvalue weighted by atomic mass is 79.9. The van der Waals surface area contributed by atoms with Gasteiger partial charge >= 0.3 is 0 Å². The van der Waals surface area contributed by atoms with Crippen LogP contribution in [0.3, 0.4) is 0 Å². The summed E-state index contributed by atoms with van der Waals surface area (Å²) in [7, 11) is 0. The molecule has 1 aliphatic rings. The molecule has 1 fully saturated rings. The van der Waals surface area contributed by atoms with Crippen LogP contribution >= 0.6 is 15.9 Å². The van der Waals surface area contributed by atoms with Gasteiger partial charge in [-0.2, -0.15) is 0 Å². The second-order valence-electron chi connectivity index (χ2n) is 4.97. The van der Waals surface area contributed by atoms with Crippen LogP contribution in [0.25, 0.3) is 0 Å². The second-order valence-corrected chi connectivity index (χ2v) is 5.83. The molecule has 1 N–H and O–H groups in total. The molecule has 6 heteroatoms. The fourth-order valence-corrected chi connectivity index (χ4v) is 2.88. The van der Waals surface area contributed by atoms with Crippen LogP contribution in [0.1, 0.15) is 19.8 Å². The van der Waals surface area contributed by atoms with Crippen molar-refractivity contribution in [2.24, 2.45) is 0 Å². The van der Waals surface area contributed by atoms with E-state index in [2.05, 4.69) is 33.1 Å². The van der Waals surface area contributed by atoms with E-state index < -0.39 is 0 Å². The minimum absolute atomic E-state index is 0.102. The predicted octanol–water partition coefficient (Wildman–Crippen LogP) is 3.25. The Morgan fingerprint density at radius 1 is 1.47 bits per heavy atom. The van der Waals surface area contributed by atoms with Gasteiger partial charge in [-0.15, -0.1) is 0 Å². The Morgan fingerprint density at radius 2 is 2.16 bits per heavy atom. The molecule has 19 heavy (non-hydrogen) atoms. The van der Waals surface area contributed by atoms with E-state index in [1.54, 1.807) is 6.07 Å². The third kappa shape index (κ3) is 3.91. The van der Waals surface area contributed by atoms with E-state index in [9.17, 15) is 10.1 Å². The van der Waals surface area contributed by atoms with E-state index in [0.29, 0.717) is 6.04 Å². The molecule has 0 radical (unpaired) electrons. The van der Waals surface area contributed by atoms with E-state index in [0.717, 1.165) is 16.7 Å². The number of nitrogens with zero attached hydrogens (tertiary/aromatic N) is 2. The summed E-state index contributed by atoms with van der Waals surface area (Å²) < 4.78 is 0.731. The summed E-state index contributed by atoms with van der Waals surface area (Å²) in [6.45, 7) is 5.48. The first-order chi connectivity index (χ1) is 9.06. The Morgan fingerprint density at radius 3 is 2.74 bits per heavy atom. The standard InChI is InChI=1S/C13H18BrN3O2/c1-10(9-16-6-2-3-7-16)15-13-5-4-11(17(18)19)8-12(13)14/h4-5,8,10,15H,2-3,6-7,9H2,1H3. The van der Waals surface area contributed by atoms with Crippen molar-refractivity contribution in [3.63, 3.8) is 0 Å². The fraction of sp³-hybridized carbons (Fsp3) is 0.538. The fourth-order valence-electron chi connectivity index (χ4n) is 2.40. The maximum atomic E-state index is 10.7. The van der Waals surface area contributed by atoms with Crippen LogP contribution in [0.4, 0.5) is 11.4 Å². The number of nitro groups is 1. The first kappa shape index (κ1) is 14.3. The van der Waals surface area contributed by atoms with Gasteiger partial charge in [-0.25, -0.2) is 0 Å². The number of hydrogen-bond donors (Lipinski definition) is 1. The zero-order valence-corrected chi connectivity index (χ0v) is 12.5. The lowest BCUT2D eigenvalue weighted by molar-refractivity contribution is -0.384. The van der Waals surface area contributed by atoms with E-state index >= 15 is 0 Å². The van der Waals surface area contributed by atoms with Crippen LogP contribution in [-0.2, 0) is 0 Å². The van der Waals surface area contributed by atoms with Gasteiger partial charge in [0.1, 0.15) is 0 Å². The Labute approximate surface area is 121 Å². The Kier molecular flexibility index (Phi) is 4.76. The zero-order valence-electron chi connectivity index (χ0n) is 10.9. The van der Waals surface area contributed by atoms with Crippen LogP contribution < -0.4 is 5.32 Å². The van der Waals surface area contributed by atoms with Crippen LogP contribution in [0, 0.1) is 10.1 Å². The number of nitro benzene ring substituents is 1. The summed E-state index contributed by atoms with van der Waals surface area (Å²) in [5.41, 5.74) is 1.00. The van der Waals surface area contributed by atoms with Gasteiger partial charge in [0.2, 0.25) is 0 Å². The van der Waals surface area contributed by atoms with Crippen molar-refractivity contribution in [1.82, 2.24) is 4.90 Å². The van der Waals surface area contributed by atoms with Crippen molar-refractivity contribution in [1.29, 1.82) is 0 Å². The van der Waals surface area contributed by atoms with Crippen LogP contribution in [-0.4, -0.2) is 35.5 Å². The molecule has 1 unspecified atom stereocenters. The molecule has 0 aromatic heterocycles. The van der Waals surface area contributed by atoms with Gasteiger partial charge in [-0.1, -0.05) is 0 Å². The van der Waals surface area contributed by atoms with Crippen molar-refractivity contribution in [3.05, 3.63) is 32.8 Å². The lowest BCUT2D eigenvalue weighted by atomic mass is 10.2. The minimum atomic E-state index is -0.387. The van der Waals surface area contributed by atoms with E-state index in [-0.39, 0.29) is 10.6 Å². The Hall–Kier alpha value is -1.14. The summed E-state index contributed by atoms with van der Waals surface area (Å²) >= 11 is 3.38. The highest BCUT2D eigenvalue weighted by Crippen LogP contribution is 2.27. The number of anilines is 1. The summed E-state index contributed by atoms with van der Waals surface area (Å²) in [6.07, 6.45) is 2.57. The number of nitrogens with one attached hydrogen (secondary N) is 1. The highest BCUT2D eigenvalue weighted by Gasteiger charge is 2.16. The molecule has 1 aliphatic heterocycles. The molecule has 0 aliphatic carbocycles. The second kappa shape index (κ2) is 6.34. The Balaban J connectivity index is 1.96. The molecule has 1 saturated heterocycles. The number of benzene rings is 1. The maximum absolute atomic E-state index is 10.7. The quantitative estimate of drug-likeness (QED) is 0.666. The molecule has 104 valence electrons. The average Bonchev–Trinajstić information content (AvgIpc) is 2.84. The highest BCUT2D eigenvalue weighted by molar-refractivity contribution is 9.10. The molecular formula is C13H18BrN3O2. The summed E-state index contributed by atoms with van der Waals surface area (Å²) in [5.74, 6) is 0. The van der Waals surface area contributed by atoms with Crippen LogP contribution in [0.15, 0.2) is 22.7 Å². The lowest BCUT2D eigenvalue weighted by Gasteiger charge is -2.22. The smallest absolute Gasteiger partial charge is 0.270 e. The lowest BCUT2D eigenvalue weighted by Crippen LogP contribution is -2.33. The van der Waals surface area contributed by atoms with E-state index in [4.69, 9.17) is 0 Å². The van der Waals surface area contributed by atoms with Crippen molar-refractivity contribution in [3.8, 4) is 0 Å². The number of likely N-dealkylation sites (tertiary alicyclic amines) is 1. The molecule has 0 bridgehead atoms. The molecule has 0 spiro atoms. The molecule has 1 heterocycles. The van der Waals surface area contributed by atoms with Crippen LogP contribution in [0.5, 0.6) is 0 Å². The van der Waals surface area contributed by atoms with Crippen molar-refractivity contribution >= 4 is 27.3 Å². The van der Waals surface area contributed by atoms with Crippen molar-refractivity contribution in [2.75, 3.05) is 25.0 Å². The molecule has 1 aromatic rings. The molecule has 0 saturated carbocycles. The first-order valence-corrected chi connectivity index (χ1v) is 7.28. The third-order valence-corrected chi connectivity index (χ3v) is 3.95. The van der Waals surface area contributed by atoms with E-state index in [1.165, 1.54) is 38.1 Å². The molecular weight excluding hydrogens is 310 g/mol. The maximum Gasteiger partial charge on any atom is 0.270 e. The van der Waals surface area contributed by atoms with Crippen molar-refractivity contribution < 1.29 is 4.92 Å². The first-order valence-electron chi connectivity index (χ1n) is 6.49. The number of rotatable bonds is 5. The van der Waals surface area contributed by atoms with Gasteiger partial charge in [0.05, 0.1) is 4.92 Å². The van der Waals surface area contributed by atoms with Crippen LogP contribution in [0.2, 0.25) is 0 Å². The molecule has 0 amide bonds. The van der Waals surface area contributed by atoms with Gasteiger partial charge in [0.15, 0.2) is 0 Å². The van der Waals surface area contributed by atoms with E-state index in [1.807, 2.05) is 0 Å². The molecule has 1 aromatic carbocycles. The van der Waals surface area contributed by atoms with Gasteiger partial charge < -0.3 is 10.2 Å². The minimum Gasteiger partial charge on any atom is -0.380 e. The summed E-state index contributed by atoms with van der Waals surface area (Å²) in [6, 6.07) is 5.12. The summed E-state index contributed by atoms with van der Waals surface area (Å²) in [5, 5.41) is 14.1. The van der Waals surface area contributed by atoms with Gasteiger partial charge in [0, 0.05) is 34.9 Å². The summed E-state index contributed by atoms with van der Waals surface area (Å²) in [4.78, 5) is 12.7. The average molecular weight is 328 g/mol. The SMILES string of the molecule is CC(CN1CCCC1)Nc1ccc([N+](=O)[O-])cc1Br. The third-order valence-electron chi connectivity index (χ3n) is 3.30. The monoisotopic (exact) mass is 327 g/mol. The van der Waals surface area contributed by atoms with Gasteiger partial charge in [-0.05, 0) is 54.9 Å². The number of hydrogen-bond acceptors (Lipinski definition) is 4. The predicted molar refractivity (Wildman–Crippen MR) is 79.6 cm³/mol. The molecule has 1 atom stereocenters. The molecule has 2 rings (SSSR count). The number of non-ortho nitro benzene ring substituents is 1.